The lowest BCUT2D eigenvalue weighted by molar-refractivity contribution is 0.339. The zero-order chi connectivity index (χ0) is 13.9. The van der Waals surface area contributed by atoms with Crippen LogP contribution in [0.4, 0.5) is 5.69 Å². The van der Waals surface area contributed by atoms with Crippen LogP contribution in [0.3, 0.4) is 0 Å². The minimum absolute atomic E-state index is 0.440. The number of nitrogens with two attached hydrogens (primary N) is 1. The van der Waals surface area contributed by atoms with E-state index in [-0.39, 0.29) is 0 Å². The molecule has 1 fully saturated rings. The molecule has 20 heavy (non-hydrogen) atoms. The summed E-state index contributed by atoms with van der Waals surface area (Å²) in [5.41, 5.74) is 8.51. The van der Waals surface area contributed by atoms with Crippen molar-refractivity contribution in [1.29, 1.82) is 0 Å². The first kappa shape index (κ1) is 13.4. The lowest BCUT2D eigenvalue weighted by Gasteiger charge is -2.26. The molecular weight excluding hydrogens is 244 g/mol. The molecule has 0 bridgehead atoms. The van der Waals surface area contributed by atoms with Gasteiger partial charge in [0.1, 0.15) is 0 Å². The van der Waals surface area contributed by atoms with Crippen molar-refractivity contribution in [1.82, 2.24) is 0 Å². The predicted octanol–water partition coefficient (Wildman–Crippen LogP) is 4.08. The molecule has 2 heteroatoms. The van der Waals surface area contributed by atoms with Crippen molar-refractivity contribution < 1.29 is 0 Å². The van der Waals surface area contributed by atoms with Crippen molar-refractivity contribution in [2.75, 3.05) is 11.9 Å². The van der Waals surface area contributed by atoms with E-state index in [4.69, 9.17) is 5.73 Å². The van der Waals surface area contributed by atoms with Gasteiger partial charge in [-0.3, -0.25) is 0 Å². The van der Waals surface area contributed by atoms with Gasteiger partial charge in [0, 0.05) is 18.3 Å². The fourth-order valence-corrected chi connectivity index (χ4v) is 3.13. The predicted molar refractivity (Wildman–Crippen MR) is 87.1 cm³/mol. The van der Waals surface area contributed by atoms with Crippen molar-refractivity contribution in [2.24, 2.45) is 11.7 Å². The van der Waals surface area contributed by atoms with E-state index >= 15 is 0 Å². The fraction of sp³-hybridized carbons (Fsp3) is 0.444. The van der Waals surface area contributed by atoms with Gasteiger partial charge in [0.2, 0.25) is 0 Å². The van der Waals surface area contributed by atoms with Gasteiger partial charge in [-0.25, -0.2) is 0 Å². The quantitative estimate of drug-likeness (QED) is 0.880. The van der Waals surface area contributed by atoms with Crippen molar-refractivity contribution in [3.63, 3.8) is 0 Å². The van der Waals surface area contributed by atoms with E-state index in [0.717, 1.165) is 12.5 Å². The molecule has 2 aromatic rings. The zero-order valence-corrected chi connectivity index (χ0v) is 12.2. The van der Waals surface area contributed by atoms with Gasteiger partial charge in [-0.1, -0.05) is 29.8 Å². The summed E-state index contributed by atoms with van der Waals surface area (Å²) in [6, 6.07) is 13.7. The Labute approximate surface area is 121 Å². The van der Waals surface area contributed by atoms with Gasteiger partial charge >= 0.3 is 0 Å². The minimum Gasteiger partial charge on any atom is -0.385 e. The molecule has 0 unspecified atom stereocenters. The molecule has 1 saturated carbocycles. The van der Waals surface area contributed by atoms with Crippen molar-refractivity contribution in [3.8, 4) is 0 Å². The molecule has 0 heterocycles. The number of hydrogen-bond acceptors (Lipinski definition) is 2. The Balaban J connectivity index is 1.64. The SMILES string of the molecule is Cc1ccc2cc(NCC3CCC(N)CC3)ccc2c1. The van der Waals surface area contributed by atoms with E-state index in [1.54, 1.807) is 0 Å². The van der Waals surface area contributed by atoms with E-state index < -0.39 is 0 Å². The van der Waals surface area contributed by atoms with E-state index in [0.29, 0.717) is 6.04 Å². The topological polar surface area (TPSA) is 38.0 Å². The third kappa shape index (κ3) is 3.13. The molecule has 0 atom stereocenters. The summed E-state index contributed by atoms with van der Waals surface area (Å²) in [5, 5.41) is 6.23. The summed E-state index contributed by atoms with van der Waals surface area (Å²) in [6.45, 7) is 3.21. The first-order valence-electron chi connectivity index (χ1n) is 7.70. The van der Waals surface area contributed by atoms with Gasteiger partial charge in [0.15, 0.2) is 0 Å². The molecule has 2 aromatic carbocycles. The van der Waals surface area contributed by atoms with Gasteiger partial charge in [-0.15, -0.1) is 0 Å². The maximum absolute atomic E-state index is 5.96. The fourth-order valence-electron chi connectivity index (χ4n) is 3.13. The molecule has 2 nitrogen and oxygen atoms in total. The van der Waals surface area contributed by atoms with E-state index in [2.05, 4.69) is 48.6 Å². The smallest absolute Gasteiger partial charge is 0.0346 e. The summed E-state index contributed by atoms with van der Waals surface area (Å²) < 4.78 is 0. The van der Waals surface area contributed by atoms with E-state index in [1.807, 2.05) is 0 Å². The Hall–Kier alpha value is -1.54. The van der Waals surface area contributed by atoms with Gasteiger partial charge in [0.25, 0.3) is 0 Å². The van der Waals surface area contributed by atoms with Crippen LogP contribution in [0.15, 0.2) is 36.4 Å². The molecule has 106 valence electrons. The Morgan fingerprint density at radius 3 is 2.50 bits per heavy atom. The lowest BCUT2D eigenvalue weighted by Crippen LogP contribution is -2.29. The van der Waals surface area contributed by atoms with Crippen LogP contribution in [0.2, 0.25) is 0 Å². The van der Waals surface area contributed by atoms with Crippen molar-refractivity contribution >= 4 is 16.5 Å². The number of anilines is 1. The molecule has 3 N–H and O–H groups in total. The third-order valence-corrected chi connectivity index (χ3v) is 4.48. The summed E-state index contributed by atoms with van der Waals surface area (Å²) >= 11 is 0. The summed E-state index contributed by atoms with van der Waals surface area (Å²) in [7, 11) is 0. The number of nitrogens with one attached hydrogen (secondary N) is 1. The number of benzene rings is 2. The molecule has 0 amide bonds. The maximum Gasteiger partial charge on any atom is 0.0346 e. The molecule has 3 rings (SSSR count). The third-order valence-electron chi connectivity index (χ3n) is 4.48. The van der Waals surface area contributed by atoms with Crippen LogP contribution < -0.4 is 11.1 Å². The first-order chi connectivity index (χ1) is 9.70. The van der Waals surface area contributed by atoms with E-state index in [1.165, 1.54) is 47.7 Å². The molecule has 1 aliphatic carbocycles. The number of aryl methyl sites for hydroxylation is 1. The Morgan fingerprint density at radius 1 is 1.00 bits per heavy atom. The summed E-state index contributed by atoms with van der Waals surface area (Å²) in [5.74, 6) is 0.781. The molecule has 0 saturated heterocycles. The maximum atomic E-state index is 5.96. The van der Waals surface area contributed by atoms with Crippen LogP contribution in [0.1, 0.15) is 31.2 Å². The molecule has 0 aliphatic heterocycles. The molecular formula is C18H24N2. The van der Waals surface area contributed by atoms with Crippen molar-refractivity contribution in [3.05, 3.63) is 42.0 Å². The van der Waals surface area contributed by atoms with Crippen molar-refractivity contribution in [2.45, 2.75) is 38.6 Å². The van der Waals surface area contributed by atoms with Crippen LogP contribution >= 0.6 is 0 Å². The van der Waals surface area contributed by atoms with Crippen LogP contribution in [-0.4, -0.2) is 12.6 Å². The summed E-state index contributed by atoms with van der Waals surface area (Å²) in [6.07, 6.45) is 4.90. The van der Waals surface area contributed by atoms with Gasteiger partial charge < -0.3 is 11.1 Å². The second-order valence-corrected chi connectivity index (χ2v) is 6.23. The van der Waals surface area contributed by atoms with Crippen LogP contribution in [0, 0.1) is 12.8 Å². The zero-order valence-electron chi connectivity index (χ0n) is 12.2. The molecule has 0 radical (unpaired) electrons. The molecule has 0 spiro atoms. The van der Waals surface area contributed by atoms with Crippen LogP contribution in [-0.2, 0) is 0 Å². The van der Waals surface area contributed by atoms with Crippen LogP contribution in [0.25, 0.3) is 10.8 Å². The van der Waals surface area contributed by atoms with Gasteiger partial charge in [-0.05, 0) is 61.4 Å². The highest BCUT2D eigenvalue weighted by Crippen LogP contribution is 2.25. The Kier molecular flexibility index (Phi) is 3.93. The van der Waals surface area contributed by atoms with Gasteiger partial charge in [0.05, 0.1) is 0 Å². The number of rotatable bonds is 3. The van der Waals surface area contributed by atoms with E-state index in [9.17, 15) is 0 Å². The lowest BCUT2D eigenvalue weighted by atomic mass is 9.86. The second-order valence-electron chi connectivity index (χ2n) is 6.23. The van der Waals surface area contributed by atoms with Crippen LogP contribution in [0.5, 0.6) is 0 Å². The highest BCUT2D eigenvalue weighted by molar-refractivity contribution is 5.86. The Morgan fingerprint density at radius 2 is 1.70 bits per heavy atom. The highest BCUT2D eigenvalue weighted by Gasteiger charge is 2.17. The molecule has 1 aliphatic rings. The monoisotopic (exact) mass is 268 g/mol. The molecule has 0 aromatic heterocycles. The Bertz CT molecular complexity index is 583. The highest BCUT2D eigenvalue weighted by atomic mass is 14.9. The second kappa shape index (κ2) is 5.84. The number of fused-ring (bicyclic) bond motifs is 1. The summed E-state index contributed by atoms with van der Waals surface area (Å²) in [4.78, 5) is 0. The average molecular weight is 268 g/mol. The minimum atomic E-state index is 0.440. The van der Waals surface area contributed by atoms with Gasteiger partial charge in [-0.2, -0.15) is 0 Å². The normalized spacial score (nSPS) is 22.9. The standard InChI is InChI=1S/C18H24N2/c1-13-2-5-16-11-18(9-6-15(16)10-13)20-12-14-3-7-17(19)8-4-14/h2,5-6,9-11,14,17,20H,3-4,7-8,12,19H2,1H3. The first-order valence-corrected chi connectivity index (χ1v) is 7.70. The number of hydrogen-bond donors (Lipinski definition) is 2. The largest absolute Gasteiger partial charge is 0.385 e. The average Bonchev–Trinajstić information content (AvgIpc) is 2.46.